The zero-order valence-corrected chi connectivity index (χ0v) is 20.4. The monoisotopic (exact) mass is 461 g/mol. The van der Waals surface area contributed by atoms with Crippen LogP contribution in [0.5, 0.6) is 0 Å². The first-order valence-electron chi connectivity index (χ1n) is 12.3. The Morgan fingerprint density at radius 1 is 0.583 bits per heavy atom. The normalized spacial score (nSPS) is 11.5. The van der Waals surface area contributed by atoms with Gasteiger partial charge >= 0.3 is 0 Å². The number of hydrogen-bond acceptors (Lipinski definition) is 0. The van der Waals surface area contributed by atoms with Crippen molar-refractivity contribution in [1.29, 1.82) is 0 Å². The second kappa shape index (κ2) is 9.20. The molecule has 0 amide bonds. The van der Waals surface area contributed by atoms with Crippen LogP contribution < -0.4 is 0 Å². The highest BCUT2D eigenvalue weighted by Gasteiger charge is 2.13. The Kier molecular flexibility index (Phi) is 5.59. The summed E-state index contributed by atoms with van der Waals surface area (Å²) in [5, 5.41) is 2.52. The van der Waals surface area contributed by atoms with E-state index in [1.54, 1.807) is 0 Å². The first kappa shape index (κ1) is 21.9. The highest BCUT2D eigenvalue weighted by atomic mass is 15.0. The summed E-state index contributed by atoms with van der Waals surface area (Å²) in [5.74, 6) is 0. The minimum absolute atomic E-state index is 1.02. The Balaban J connectivity index is 1.48. The molecule has 1 heterocycles. The average Bonchev–Trinajstić information content (AvgIpc) is 3.27. The second-order valence-electron chi connectivity index (χ2n) is 9.10. The van der Waals surface area contributed by atoms with Crippen LogP contribution in [0.2, 0.25) is 0 Å². The van der Waals surface area contributed by atoms with Crippen LogP contribution in [0.3, 0.4) is 0 Å². The summed E-state index contributed by atoms with van der Waals surface area (Å²) >= 11 is 0. The van der Waals surface area contributed by atoms with Gasteiger partial charge in [-0.2, -0.15) is 0 Å². The maximum atomic E-state index is 4.21. The summed E-state index contributed by atoms with van der Waals surface area (Å²) in [6.07, 6.45) is 4.08. The van der Waals surface area contributed by atoms with Crippen molar-refractivity contribution in [3.8, 4) is 27.9 Å². The summed E-state index contributed by atoms with van der Waals surface area (Å²) in [6, 6.07) is 43.5. The molecule has 0 fully saturated rings. The largest absolute Gasteiger partial charge is 0.309 e. The number of allylic oxidation sites excluding steroid dienone is 3. The van der Waals surface area contributed by atoms with Gasteiger partial charge in [-0.15, -0.1) is 0 Å². The van der Waals surface area contributed by atoms with E-state index in [4.69, 9.17) is 0 Å². The number of nitrogens with zero attached hydrogens (tertiary/aromatic N) is 1. The molecule has 0 N–H and O–H groups in total. The SMILES string of the molecule is C=C(/C=C\C)c1cccc(-c2ccc3c(c2)c2ccccc2n3-c2ccc(-c3ccccc3)cc2)c1. The minimum atomic E-state index is 1.02. The highest BCUT2D eigenvalue weighted by molar-refractivity contribution is 6.10. The van der Waals surface area contributed by atoms with Gasteiger partial charge in [-0.05, 0) is 76.7 Å². The van der Waals surface area contributed by atoms with E-state index >= 15 is 0 Å². The van der Waals surface area contributed by atoms with Crippen molar-refractivity contribution in [3.63, 3.8) is 0 Å². The number of hydrogen-bond donors (Lipinski definition) is 0. The van der Waals surface area contributed by atoms with Crippen LogP contribution in [0.25, 0.3) is 55.3 Å². The Morgan fingerprint density at radius 2 is 1.22 bits per heavy atom. The van der Waals surface area contributed by atoms with E-state index in [9.17, 15) is 0 Å². The fourth-order valence-electron chi connectivity index (χ4n) is 5.06. The van der Waals surface area contributed by atoms with Gasteiger partial charge in [0.05, 0.1) is 11.0 Å². The van der Waals surface area contributed by atoms with Crippen molar-refractivity contribution in [3.05, 3.63) is 146 Å². The third kappa shape index (κ3) is 3.85. The molecule has 0 unspecified atom stereocenters. The highest BCUT2D eigenvalue weighted by Crippen LogP contribution is 2.35. The molecule has 0 radical (unpaired) electrons. The van der Waals surface area contributed by atoms with Crippen molar-refractivity contribution in [2.45, 2.75) is 6.92 Å². The number of aromatic nitrogens is 1. The van der Waals surface area contributed by atoms with Crippen molar-refractivity contribution in [2.24, 2.45) is 0 Å². The minimum Gasteiger partial charge on any atom is -0.309 e. The van der Waals surface area contributed by atoms with Crippen molar-refractivity contribution in [1.82, 2.24) is 4.57 Å². The molecular formula is C35H27N. The first-order valence-corrected chi connectivity index (χ1v) is 12.3. The predicted octanol–water partition coefficient (Wildman–Crippen LogP) is 9.71. The Labute approximate surface area is 212 Å². The Morgan fingerprint density at radius 3 is 2.03 bits per heavy atom. The van der Waals surface area contributed by atoms with Crippen LogP contribution in [0.4, 0.5) is 0 Å². The third-order valence-electron chi connectivity index (χ3n) is 6.84. The molecule has 1 heteroatoms. The topological polar surface area (TPSA) is 4.93 Å². The van der Waals surface area contributed by atoms with Gasteiger partial charge in [0.2, 0.25) is 0 Å². The number of rotatable bonds is 5. The quantitative estimate of drug-likeness (QED) is 0.225. The van der Waals surface area contributed by atoms with E-state index in [-0.39, 0.29) is 0 Å². The fraction of sp³-hybridized carbons (Fsp3) is 0.0286. The predicted molar refractivity (Wildman–Crippen MR) is 156 cm³/mol. The first-order chi connectivity index (χ1) is 17.7. The molecule has 1 aromatic heterocycles. The summed E-state index contributed by atoms with van der Waals surface area (Å²) in [7, 11) is 0. The van der Waals surface area contributed by atoms with Crippen molar-refractivity contribution in [2.75, 3.05) is 0 Å². The zero-order valence-electron chi connectivity index (χ0n) is 20.4. The lowest BCUT2D eigenvalue weighted by molar-refractivity contribution is 1.18. The van der Waals surface area contributed by atoms with Crippen LogP contribution in [0, 0.1) is 0 Å². The third-order valence-corrected chi connectivity index (χ3v) is 6.84. The number of para-hydroxylation sites is 1. The molecule has 0 aliphatic heterocycles. The van der Waals surface area contributed by atoms with Crippen molar-refractivity contribution < 1.29 is 0 Å². The van der Waals surface area contributed by atoms with Crippen molar-refractivity contribution >= 4 is 27.4 Å². The summed E-state index contributed by atoms with van der Waals surface area (Å²) in [4.78, 5) is 0. The smallest absolute Gasteiger partial charge is 0.0541 e. The molecule has 6 aromatic rings. The van der Waals surface area contributed by atoms with Gasteiger partial charge in [0.15, 0.2) is 0 Å². The second-order valence-corrected chi connectivity index (χ2v) is 9.10. The molecule has 0 spiro atoms. The van der Waals surface area contributed by atoms with E-state index in [0.29, 0.717) is 0 Å². The van der Waals surface area contributed by atoms with E-state index < -0.39 is 0 Å². The van der Waals surface area contributed by atoms with Crippen LogP contribution in [0.15, 0.2) is 140 Å². The van der Waals surface area contributed by atoms with Gasteiger partial charge in [-0.25, -0.2) is 0 Å². The lowest BCUT2D eigenvalue weighted by atomic mass is 9.98. The molecule has 0 aliphatic carbocycles. The standard InChI is InChI=1S/C35H27N/c1-3-10-25(2)28-13-9-14-29(23-28)30-19-22-35-33(24-30)32-15-7-8-16-34(32)36(35)31-20-17-27(18-21-31)26-11-5-4-6-12-26/h3-24H,2H2,1H3/b10-3-. The number of benzene rings is 5. The Hall–Kier alpha value is -4.62. The van der Waals surface area contributed by atoms with Crippen LogP contribution in [-0.4, -0.2) is 4.57 Å². The number of fused-ring (bicyclic) bond motifs is 3. The van der Waals surface area contributed by atoms with Gasteiger partial charge < -0.3 is 4.57 Å². The lowest BCUT2D eigenvalue weighted by Gasteiger charge is -2.10. The molecule has 0 saturated heterocycles. The molecule has 0 aliphatic rings. The molecule has 1 nitrogen and oxygen atoms in total. The van der Waals surface area contributed by atoms with E-state index in [2.05, 4.69) is 139 Å². The summed E-state index contributed by atoms with van der Waals surface area (Å²) < 4.78 is 2.37. The van der Waals surface area contributed by atoms with Gasteiger partial charge in [-0.3, -0.25) is 0 Å². The molecule has 0 bridgehead atoms. The fourth-order valence-corrected chi connectivity index (χ4v) is 5.06. The summed E-state index contributed by atoms with van der Waals surface area (Å²) in [5.41, 5.74) is 10.6. The van der Waals surface area contributed by atoms with Gasteiger partial charge in [0, 0.05) is 16.5 Å². The maximum Gasteiger partial charge on any atom is 0.0541 e. The van der Waals surface area contributed by atoms with Crippen LogP contribution >= 0.6 is 0 Å². The molecule has 36 heavy (non-hydrogen) atoms. The molecule has 0 saturated carbocycles. The maximum absolute atomic E-state index is 4.21. The van der Waals surface area contributed by atoms with E-state index in [1.807, 2.05) is 13.0 Å². The Bertz CT molecular complexity index is 1730. The molecular weight excluding hydrogens is 434 g/mol. The van der Waals surface area contributed by atoms with Gasteiger partial charge in [0.25, 0.3) is 0 Å². The zero-order chi connectivity index (χ0) is 24.5. The molecule has 172 valence electrons. The van der Waals surface area contributed by atoms with E-state index in [1.165, 1.54) is 49.7 Å². The van der Waals surface area contributed by atoms with Crippen LogP contribution in [0.1, 0.15) is 12.5 Å². The lowest BCUT2D eigenvalue weighted by Crippen LogP contribution is -1.93. The molecule has 0 atom stereocenters. The molecule has 6 rings (SSSR count). The average molecular weight is 462 g/mol. The van der Waals surface area contributed by atoms with Crippen LogP contribution in [-0.2, 0) is 0 Å². The van der Waals surface area contributed by atoms with Gasteiger partial charge in [-0.1, -0.05) is 104 Å². The molecule has 5 aromatic carbocycles. The summed E-state index contributed by atoms with van der Waals surface area (Å²) in [6.45, 7) is 6.23. The van der Waals surface area contributed by atoms with E-state index in [0.717, 1.165) is 11.1 Å². The van der Waals surface area contributed by atoms with Gasteiger partial charge in [0.1, 0.15) is 0 Å².